The summed E-state index contributed by atoms with van der Waals surface area (Å²) in [4.78, 5) is 12.1. The summed E-state index contributed by atoms with van der Waals surface area (Å²) in [5.41, 5.74) is 3.77. The Balaban J connectivity index is 2.28. The van der Waals surface area contributed by atoms with Crippen molar-refractivity contribution in [2.75, 3.05) is 0 Å². The van der Waals surface area contributed by atoms with E-state index in [2.05, 4.69) is 15.9 Å². The lowest BCUT2D eigenvalue weighted by Gasteiger charge is -2.13. The van der Waals surface area contributed by atoms with Crippen molar-refractivity contribution in [1.29, 1.82) is 5.26 Å². The first-order chi connectivity index (χ1) is 12.8. The topological polar surface area (TPSA) is 59.3 Å². The van der Waals surface area contributed by atoms with Crippen LogP contribution >= 0.6 is 15.9 Å². The maximum Gasteiger partial charge on any atom is 0.349 e. The summed E-state index contributed by atoms with van der Waals surface area (Å²) in [5, 5.41) is 9.33. The first-order valence-corrected chi connectivity index (χ1v) is 9.40. The molecule has 0 amide bonds. The molecular weight excluding hydrogens is 406 g/mol. The molecule has 140 valence electrons. The fourth-order valence-corrected chi connectivity index (χ4v) is 2.79. The van der Waals surface area contributed by atoms with Gasteiger partial charge in [0, 0.05) is 4.47 Å². The van der Waals surface area contributed by atoms with Crippen LogP contribution in [0.2, 0.25) is 0 Å². The molecule has 0 radical (unpaired) electrons. The van der Waals surface area contributed by atoms with Crippen LogP contribution in [0, 0.1) is 25.2 Å². The molecule has 0 saturated carbocycles. The molecule has 5 heteroatoms. The van der Waals surface area contributed by atoms with E-state index in [-0.39, 0.29) is 11.7 Å². The molecule has 0 spiro atoms. The normalized spacial score (nSPS) is 11.2. The third-order valence-electron chi connectivity index (χ3n) is 3.89. The summed E-state index contributed by atoms with van der Waals surface area (Å²) in [6.07, 6.45) is 1.30. The van der Waals surface area contributed by atoms with E-state index in [1.165, 1.54) is 0 Å². The number of carbonyl (C=O) groups is 1. The summed E-state index contributed by atoms with van der Waals surface area (Å²) >= 11 is 3.40. The molecule has 2 rings (SSSR count). The second kappa shape index (κ2) is 9.38. The molecule has 0 N–H and O–H groups in total. The predicted molar refractivity (Wildman–Crippen MR) is 109 cm³/mol. The molecule has 2 aromatic carbocycles. The fraction of sp³-hybridized carbons (Fsp3) is 0.273. The van der Waals surface area contributed by atoms with Crippen LogP contribution in [-0.2, 0) is 16.1 Å². The minimum Gasteiger partial charge on any atom is -0.489 e. The fourth-order valence-electron chi connectivity index (χ4n) is 2.53. The Kier molecular flexibility index (Phi) is 7.20. The lowest BCUT2D eigenvalue weighted by molar-refractivity contribution is -0.142. The van der Waals surface area contributed by atoms with Gasteiger partial charge in [0.05, 0.1) is 6.10 Å². The second-order valence-electron chi connectivity index (χ2n) is 6.50. The van der Waals surface area contributed by atoms with Gasteiger partial charge in [0.15, 0.2) is 0 Å². The molecule has 0 aromatic heterocycles. The average molecular weight is 428 g/mol. The number of carbonyl (C=O) groups excluding carboxylic acids is 1. The number of esters is 1. The third kappa shape index (κ3) is 5.97. The number of hydrogen-bond acceptors (Lipinski definition) is 4. The highest BCUT2D eigenvalue weighted by atomic mass is 79.9. The van der Waals surface area contributed by atoms with Crippen LogP contribution in [0.3, 0.4) is 0 Å². The molecule has 0 aliphatic rings. The molecule has 0 fully saturated rings. The summed E-state index contributed by atoms with van der Waals surface area (Å²) in [6, 6.07) is 13.6. The maximum atomic E-state index is 12.1. The third-order valence-corrected chi connectivity index (χ3v) is 4.42. The van der Waals surface area contributed by atoms with Crippen molar-refractivity contribution in [1.82, 2.24) is 0 Å². The lowest BCUT2D eigenvalue weighted by Crippen LogP contribution is -2.13. The van der Waals surface area contributed by atoms with E-state index < -0.39 is 5.97 Å². The molecule has 2 aromatic rings. The molecule has 0 bridgehead atoms. The van der Waals surface area contributed by atoms with Crippen molar-refractivity contribution in [3.63, 3.8) is 0 Å². The van der Waals surface area contributed by atoms with Crippen molar-refractivity contribution in [2.24, 2.45) is 0 Å². The van der Waals surface area contributed by atoms with Gasteiger partial charge in [0.25, 0.3) is 0 Å². The van der Waals surface area contributed by atoms with Crippen LogP contribution in [0.4, 0.5) is 0 Å². The van der Waals surface area contributed by atoms with E-state index in [4.69, 9.17) is 9.47 Å². The summed E-state index contributed by atoms with van der Waals surface area (Å²) in [6.45, 7) is 7.83. The van der Waals surface area contributed by atoms with Crippen LogP contribution in [-0.4, -0.2) is 12.1 Å². The molecule has 4 nitrogen and oxygen atoms in total. The molecule has 0 atom stereocenters. The van der Waals surface area contributed by atoms with Gasteiger partial charge in [-0.05, 0) is 74.7 Å². The molecular formula is C22H22BrNO3. The van der Waals surface area contributed by atoms with Crippen molar-refractivity contribution >= 4 is 28.0 Å². The van der Waals surface area contributed by atoms with Crippen LogP contribution in [0.1, 0.15) is 36.1 Å². The summed E-state index contributed by atoms with van der Waals surface area (Å²) < 4.78 is 12.0. The molecule has 0 aliphatic carbocycles. The zero-order chi connectivity index (χ0) is 20.0. The van der Waals surface area contributed by atoms with Gasteiger partial charge in [0.1, 0.15) is 24.0 Å². The van der Waals surface area contributed by atoms with E-state index in [0.717, 1.165) is 32.5 Å². The van der Waals surface area contributed by atoms with Crippen LogP contribution in [0.25, 0.3) is 6.08 Å². The Morgan fingerprint density at radius 1 is 1.22 bits per heavy atom. The molecule has 0 aliphatic heterocycles. The predicted octanol–water partition coefficient (Wildman–Crippen LogP) is 5.50. The van der Waals surface area contributed by atoms with E-state index in [9.17, 15) is 10.1 Å². The number of hydrogen-bond donors (Lipinski definition) is 0. The first kappa shape index (κ1) is 20.7. The van der Waals surface area contributed by atoms with Gasteiger partial charge >= 0.3 is 5.97 Å². The number of benzene rings is 2. The smallest absolute Gasteiger partial charge is 0.349 e. The Morgan fingerprint density at radius 3 is 2.48 bits per heavy atom. The van der Waals surface area contributed by atoms with Gasteiger partial charge in [-0.3, -0.25) is 0 Å². The molecule has 0 saturated heterocycles. The monoisotopic (exact) mass is 427 g/mol. The Labute approximate surface area is 168 Å². The van der Waals surface area contributed by atoms with Crippen LogP contribution in [0.5, 0.6) is 5.75 Å². The molecule has 0 heterocycles. The van der Waals surface area contributed by atoms with E-state index in [0.29, 0.717) is 6.61 Å². The van der Waals surface area contributed by atoms with Crippen molar-refractivity contribution < 1.29 is 14.3 Å². The van der Waals surface area contributed by atoms with E-state index >= 15 is 0 Å². The number of rotatable bonds is 6. The number of nitrogens with zero attached hydrogens (tertiary/aromatic N) is 1. The summed E-state index contributed by atoms with van der Waals surface area (Å²) in [5.74, 6) is 0.162. The molecule has 0 unspecified atom stereocenters. The van der Waals surface area contributed by atoms with Gasteiger partial charge in [-0.1, -0.05) is 33.6 Å². The quantitative estimate of drug-likeness (QED) is 0.346. The number of aryl methyl sites for hydroxylation is 1. The zero-order valence-electron chi connectivity index (χ0n) is 15.9. The SMILES string of the molecule is Cc1cc(/C=C(\C#N)C(=O)OC(C)C)c(C)c(COc2ccc(Br)cc2)c1. The first-order valence-electron chi connectivity index (χ1n) is 8.61. The van der Waals surface area contributed by atoms with Gasteiger partial charge in [-0.25, -0.2) is 4.79 Å². The van der Waals surface area contributed by atoms with Crippen LogP contribution in [0.15, 0.2) is 46.4 Å². The zero-order valence-corrected chi connectivity index (χ0v) is 17.5. The largest absolute Gasteiger partial charge is 0.489 e. The van der Waals surface area contributed by atoms with Crippen molar-refractivity contribution in [2.45, 2.75) is 40.4 Å². The minimum absolute atomic E-state index is 0.0165. The number of nitriles is 1. The number of ether oxygens (including phenoxy) is 2. The number of halogens is 1. The second-order valence-corrected chi connectivity index (χ2v) is 7.42. The van der Waals surface area contributed by atoms with Crippen LogP contribution < -0.4 is 4.74 Å². The Hall–Kier alpha value is -2.58. The van der Waals surface area contributed by atoms with Gasteiger partial charge < -0.3 is 9.47 Å². The lowest BCUT2D eigenvalue weighted by atomic mass is 9.98. The minimum atomic E-state index is -0.610. The Morgan fingerprint density at radius 2 is 1.89 bits per heavy atom. The molecule has 27 heavy (non-hydrogen) atoms. The van der Waals surface area contributed by atoms with Crippen molar-refractivity contribution in [3.8, 4) is 11.8 Å². The van der Waals surface area contributed by atoms with E-state index in [1.807, 2.05) is 56.3 Å². The van der Waals surface area contributed by atoms with Crippen molar-refractivity contribution in [3.05, 3.63) is 68.7 Å². The van der Waals surface area contributed by atoms with Gasteiger partial charge in [-0.15, -0.1) is 0 Å². The Bertz CT molecular complexity index is 893. The highest BCUT2D eigenvalue weighted by molar-refractivity contribution is 9.10. The highest BCUT2D eigenvalue weighted by Gasteiger charge is 2.14. The van der Waals surface area contributed by atoms with E-state index in [1.54, 1.807) is 19.9 Å². The highest BCUT2D eigenvalue weighted by Crippen LogP contribution is 2.23. The standard InChI is InChI=1S/C22H22BrNO3/c1-14(2)27-22(25)18(12-24)11-17-9-15(3)10-19(16(17)4)13-26-21-7-5-20(23)6-8-21/h5-11,14H,13H2,1-4H3/b18-11+. The maximum absolute atomic E-state index is 12.1. The van der Waals surface area contributed by atoms with Gasteiger partial charge in [0.2, 0.25) is 0 Å². The summed E-state index contributed by atoms with van der Waals surface area (Å²) in [7, 11) is 0. The van der Waals surface area contributed by atoms with Gasteiger partial charge in [-0.2, -0.15) is 5.26 Å². The average Bonchev–Trinajstić information content (AvgIpc) is 2.61.